The number of aromatic nitrogens is 2. The summed E-state index contributed by atoms with van der Waals surface area (Å²) >= 11 is 0. The Bertz CT molecular complexity index is 2360. The number of benzene rings is 4. The molecule has 3 heterocycles. The van der Waals surface area contributed by atoms with Crippen LogP contribution in [0.5, 0.6) is 5.75 Å². The van der Waals surface area contributed by atoms with Gasteiger partial charge in [-0.25, -0.2) is 4.98 Å². The van der Waals surface area contributed by atoms with Crippen molar-refractivity contribution in [2.75, 3.05) is 4.90 Å². The van der Waals surface area contributed by atoms with Crippen LogP contribution in [0.1, 0.15) is 24.1 Å². The Balaban J connectivity index is 1.24. The van der Waals surface area contributed by atoms with Crippen LogP contribution in [0.2, 0.25) is 0 Å². The maximum atomic E-state index is 10.9. The summed E-state index contributed by atoms with van der Waals surface area (Å²) in [6.45, 7) is 0. The monoisotopic (exact) mass is 565 g/mol. The second kappa shape index (κ2) is 9.62. The Morgan fingerprint density at radius 1 is 0.773 bits per heavy atom. The fraction of sp³-hybridized carbons (Fsp3) is 0.0750. The summed E-state index contributed by atoms with van der Waals surface area (Å²) in [7, 11) is 0. The Morgan fingerprint density at radius 2 is 1.57 bits per heavy atom. The molecule has 208 valence electrons. The summed E-state index contributed by atoms with van der Waals surface area (Å²) in [5, 5.41) is 14.5. The van der Waals surface area contributed by atoms with Crippen molar-refractivity contribution in [2.45, 2.75) is 18.9 Å². The summed E-state index contributed by atoms with van der Waals surface area (Å²) in [5.74, 6) is 7.77. The maximum absolute atomic E-state index is 10.9. The van der Waals surface area contributed by atoms with E-state index in [1.54, 1.807) is 6.07 Å². The van der Waals surface area contributed by atoms with Crippen molar-refractivity contribution in [2.24, 2.45) is 0 Å². The van der Waals surface area contributed by atoms with E-state index >= 15 is 0 Å². The van der Waals surface area contributed by atoms with E-state index in [-0.39, 0.29) is 11.8 Å². The average molecular weight is 566 g/mol. The van der Waals surface area contributed by atoms with Crippen molar-refractivity contribution < 1.29 is 5.11 Å². The van der Waals surface area contributed by atoms with Gasteiger partial charge in [0, 0.05) is 39.6 Å². The molecule has 0 fully saturated rings. The molecule has 0 spiro atoms. The van der Waals surface area contributed by atoms with Gasteiger partial charge < -0.3 is 10.0 Å². The first-order valence-electron chi connectivity index (χ1n) is 15.0. The van der Waals surface area contributed by atoms with Crippen LogP contribution < -0.4 is 4.90 Å². The smallest absolute Gasteiger partial charge is 0.147 e. The van der Waals surface area contributed by atoms with Gasteiger partial charge in [-0.1, -0.05) is 109 Å². The lowest BCUT2D eigenvalue weighted by atomic mass is 9.93. The van der Waals surface area contributed by atoms with Crippen LogP contribution >= 0.6 is 0 Å². The summed E-state index contributed by atoms with van der Waals surface area (Å²) in [4.78, 5) is 7.81. The molecule has 4 heteroatoms. The highest BCUT2D eigenvalue weighted by molar-refractivity contribution is 6.13. The molecule has 6 aromatic rings. The first-order chi connectivity index (χ1) is 21.8. The van der Waals surface area contributed by atoms with E-state index in [0.717, 1.165) is 62.4 Å². The van der Waals surface area contributed by atoms with Gasteiger partial charge in [0.15, 0.2) is 0 Å². The zero-order valence-corrected chi connectivity index (χ0v) is 23.9. The first-order valence-corrected chi connectivity index (χ1v) is 15.0. The summed E-state index contributed by atoms with van der Waals surface area (Å²) in [6.07, 6.45) is 14.3. The van der Waals surface area contributed by atoms with E-state index in [2.05, 4.69) is 118 Å². The predicted molar refractivity (Wildman–Crippen MR) is 181 cm³/mol. The largest absolute Gasteiger partial charge is 0.507 e. The molecule has 9 rings (SSSR count). The number of nitrogens with zero attached hydrogens (tertiary/aromatic N) is 3. The van der Waals surface area contributed by atoms with Crippen LogP contribution in [0.25, 0.3) is 49.6 Å². The minimum atomic E-state index is 0.167. The molecule has 1 unspecified atom stereocenters. The second-order valence-corrected chi connectivity index (χ2v) is 11.4. The van der Waals surface area contributed by atoms with Crippen molar-refractivity contribution in [3.05, 3.63) is 139 Å². The third kappa shape index (κ3) is 3.57. The highest BCUT2D eigenvalue weighted by atomic mass is 16.3. The number of hydrogen-bond acceptors (Lipinski definition) is 3. The van der Waals surface area contributed by atoms with Gasteiger partial charge in [0.2, 0.25) is 0 Å². The summed E-state index contributed by atoms with van der Waals surface area (Å²) < 4.78 is 2.36. The number of hydrogen-bond donors (Lipinski definition) is 1. The number of phenolic OH excluding ortho intramolecular Hbond substituents is 1. The number of rotatable bonds is 3. The van der Waals surface area contributed by atoms with Crippen LogP contribution in [0.3, 0.4) is 0 Å². The molecular weight excluding hydrogens is 538 g/mol. The number of fused-ring (bicyclic) bond motifs is 10. The molecule has 0 saturated carbocycles. The highest BCUT2D eigenvalue weighted by Gasteiger charge is 2.40. The number of pyridine rings is 1. The quantitative estimate of drug-likeness (QED) is 0.172. The molecule has 3 aliphatic rings. The van der Waals surface area contributed by atoms with Crippen molar-refractivity contribution in [3.63, 3.8) is 0 Å². The van der Waals surface area contributed by atoms with E-state index in [4.69, 9.17) is 4.98 Å². The lowest BCUT2D eigenvalue weighted by Crippen LogP contribution is -2.28. The van der Waals surface area contributed by atoms with Crippen molar-refractivity contribution >= 4 is 50.0 Å². The fourth-order valence-corrected chi connectivity index (χ4v) is 7.08. The Hall–Kier alpha value is -5.79. The van der Waals surface area contributed by atoms with E-state index in [0.29, 0.717) is 6.42 Å². The van der Waals surface area contributed by atoms with Crippen molar-refractivity contribution in [1.29, 1.82) is 0 Å². The number of imidazole rings is 1. The molecule has 44 heavy (non-hydrogen) atoms. The molecular formula is C40H27N3O. The third-order valence-corrected chi connectivity index (χ3v) is 9.01. The number of aromatic hydroxyl groups is 1. The number of anilines is 2. The van der Waals surface area contributed by atoms with E-state index in [9.17, 15) is 5.11 Å². The van der Waals surface area contributed by atoms with E-state index in [1.807, 2.05) is 24.3 Å². The fourth-order valence-electron chi connectivity index (χ4n) is 7.08. The van der Waals surface area contributed by atoms with Gasteiger partial charge >= 0.3 is 0 Å². The topological polar surface area (TPSA) is 40.8 Å². The SMILES string of the molecule is Oc1cccc(-c2ccc(N3c4c(nc5c6ccccc6c6ccccc6n45)C4=CC=CCC43)cc2)c1C1=CC=CCC#C1. The van der Waals surface area contributed by atoms with Gasteiger partial charge in [-0.15, -0.1) is 0 Å². The number of allylic oxidation sites excluding steroid dienone is 6. The molecule has 4 aromatic carbocycles. The van der Waals surface area contributed by atoms with Crippen LogP contribution in [0.4, 0.5) is 11.5 Å². The molecule has 1 N–H and O–H groups in total. The Kier molecular flexibility index (Phi) is 5.42. The molecule has 4 nitrogen and oxygen atoms in total. The molecule has 2 aliphatic carbocycles. The van der Waals surface area contributed by atoms with Crippen LogP contribution in [-0.4, -0.2) is 20.5 Å². The lowest BCUT2D eigenvalue weighted by Gasteiger charge is -2.29. The van der Waals surface area contributed by atoms with Crippen LogP contribution in [0, 0.1) is 11.8 Å². The van der Waals surface area contributed by atoms with Gasteiger partial charge in [0.05, 0.1) is 11.6 Å². The lowest BCUT2D eigenvalue weighted by molar-refractivity contribution is 0.474. The van der Waals surface area contributed by atoms with Gasteiger partial charge in [-0.05, 0) is 53.3 Å². The van der Waals surface area contributed by atoms with Gasteiger partial charge in [-0.3, -0.25) is 4.40 Å². The zero-order chi connectivity index (χ0) is 29.2. The summed E-state index contributed by atoms with van der Waals surface area (Å²) in [5.41, 5.74) is 9.13. The number of phenols is 1. The second-order valence-electron chi connectivity index (χ2n) is 11.4. The molecule has 0 bridgehead atoms. The molecule has 1 aliphatic heterocycles. The molecule has 2 aromatic heterocycles. The van der Waals surface area contributed by atoms with Crippen molar-refractivity contribution in [3.8, 4) is 28.7 Å². The Labute approximate surface area is 255 Å². The predicted octanol–water partition coefficient (Wildman–Crippen LogP) is 9.22. The normalized spacial score (nSPS) is 16.8. The van der Waals surface area contributed by atoms with E-state index in [1.165, 1.54) is 16.3 Å². The minimum absolute atomic E-state index is 0.167. The van der Waals surface area contributed by atoms with Crippen molar-refractivity contribution in [1.82, 2.24) is 9.38 Å². The zero-order valence-electron chi connectivity index (χ0n) is 23.9. The average Bonchev–Trinajstić information content (AvgIpc) is 3.48. The van der Waals surface area contributed by atoms with Gasteiger partial charge in [0.25, 0.3) is 0 Å². The Morgan fingerprint density at radius 3 is 2.45 bits per heavy atom. The van der Waals surface area contributed by atoms with Crippen LogP contribution in [-0.2, 0) is 0 Å². The standard InChI is InChI=1S/C40H27N3O/c44-36-21-11-18-29(37(36)27-12-3-1-2-4-13-27)26-22-24-28(25-23-26)42-35-20-10-8-17-33(35)38-40(42)43-34-19-9-7-15-31(34)30-14-5-6-16-32(30)39(43)41-38/h1,3,5-12,14-19,21-25,35,44H,2,20H2. The van der Waals surface area contributed by atoms with Crippen LogP contribution in [0.15, 0.2) is 127 Å². The first kappa shape index (κ1) is 24.8. The highest BCUT2D eigenvalue weighted by Crippen LogP contribution is 2.49. The van der Waals surface area contributed by atoms with Gasteiger partial charge in [-0.2, -0.15) is 0 Å². The molecule has 1 atom stereocenters. The number of para-hydroxylation sites is 1. The summed E-state index contributed by atoms with van der Waals surface area (Å²) in [6, 6.07) is 31.8. The molecule has 0 radical (unpaired) electrons. The van der Waals surface area contributed by atoms with E-state index < -0.39 is 0 Å². The molecule has 0 saturated heterocycles. The third-order valence-electron chi connectivity index (χ3n) is 9.01. The maximum Gasteiger partial charge on any atom is 0.147 e. The van der Waals surface area contributed by atoms with Gasteiger partial charge in [0.1, 0.15) is 22.9 Å². The molecule has 0 amide bonds. The minimum Gasteiger partial charge on any atom is -0.507 e.